The van der Waals surface area contributed by atoms with Gasteiger partial charge in [-0.2, -0.15) is 13.2 Å². The second kappa shape index (κ2) is 11.5. The molecule has 0 aliphatic rings. The first-order chi connectivity index (χ1) is 16.2. The first-order valence-corrected chi connectivity index (χ1v) is 11.7. The third-order valence-electron chi connectivity index (χ3n) is 5.23. The minimum Gasteiger partial charge on any atom is -0.494 e. The van der Waals surface area contributed by atoms with E-state index in [2.05, 4.69) is 4.98 Å². The van der Waals surface area contributed by atoms with E-state index in [1.54, 1.807) is 6.92 Å². The molecule has 5 nitrogen and oxygen atoms in total. The van der Waals surface area contributed by atoms with Crippen LogP contribution in [0.1, 0.15) is 35.0 Å². The summed E-state index contributed by atoms with van der Waals surface area (Å²) in [6.45, 7) is 4.49. The highest BCUT2D eigenvalue weighted by Gasteiger charge is 2.30. The predicted octanol–water partition coefficient (Wildman–Crippen LogP) is 6.18. The lowest BCUT2D eigenvalue weighted by atomic mass is 10.0. The fourth-order valence-electron chi connectivity index (χ4n) is 3.41. The first kappa shape index (κ1) is 25.7. The minimum absolute atomic E-state index is 0.292. The molecule has 3 rings (SSSR count). The monoisotopic (exact) mass is 493 g/mol. The second-order valence-corrected chi connectivity index (χ2v) is 8.67. The van der Waals surface area contributed by atoms with Crippen LogP contribution in [0.5, 0.6) is 5.75 Å². The van der Waals surface area contributed by atoms with Gasteiger partial charge in [-0.1, -0.05) is 18.2 Å². The van der Waals surface area contributed by atoms with Gasteiger partial charge >= 0.3 is 12.1 Å². The molecule has 0 fully saturated rings. The summed E-state index contributed by atoms with van der Waals surface area (Å²) in [6, 6.07) is 10.6. The van der Waals surface area contributed by atoms with Crippen molar-refractivity contribution in [1.82, 2.24) is 4.98 Å². The van der Waals surface area contributed by atoms with Crippen LogP contribution in [-0.2, 0) is 28.5 Å². The Balaban J connectivity index is 1.49. The van der Waals surface area contributed by atoms with Gasteiger partial charge in [-0.3, -0.25) is 0 Å². The number of aliphatic carboxylic acids is 1. The molecule has 9 heteroatoms. The average molecular weight is 494 g/mol. The Morgan fingerprint density at radius 2 is 1.91 bits per heavy atom. The Bertz CT molecular complexity index is 1100. The molecular weight excluding hydrogens is 467 g/mol. The van der Waals surface area contributed by atoms with Crippen molar-refractivity contribution in [3.63, 3.8) is 0 Å². The van der Waals surface area contributed by atoms with Crippen molar-refractivity contribution in [1.29, 1.82) is 0 Å². The zero-order valence-corrected chi connectivity index (χ0v) is 19.7. The number of hydrogen-bond acceptors (Lipinski definition) is 5. The fourth-order valence-corrected chi connectivity index (χ4v) is 4.26. The molecule has 1 heterocycles. The molecule has 0 saturated heterocycles. The number of halogens is 3. The van der Waals surface area contributed by atoms with E-state index < -0.39 is 23.8 Å². The summed E-state index contributed by atoms with van der Waals surface area (Å²) in [5.74, 6) is -0.278. The van der Waals surface area contributed by atoms with Gasteiger partial charge in [0.2, 0.25) is 0 Å². The summed E-state index contributed by atoms with van der Waals surface area (Å²) in [5, 5.41) is 12.0. The standard InChI is InChI=1S/C25H26F3NO4S/c1-3-32-22(24(30)31)14-18-8-11-20(13-16(18)2)33-12-4-5-23-29-21(15-34-23)17-6-9-19(10-7-17)25(26,27)28/h6-11,13,15,22H,3-5,12,14H2,1-2H3,(H,30,31). The molecule has 1 unspecified atom stereocenters. The van der Waals surface area contributed by atoms with Crippen LogP contribution in [0.3, 0.4) is 0 Å². The summed E-state index contributed by atoms with van der Waals surface area (Å²) in [5.41, 5.74) is 2.46. The van der Waals surface area contributed by atoms with Gasteiger partial charge in [0.25, 0.3) is 0 Å². The van der Waals surface area contributed by atoms with Crippen molar-refractivity contribution in [2.45, 2.75) is 45.4 Å². The van der Waals surface area contributed by atoms with Crippen LogP contribution in [0.25, 0.3) is 11.3 Å². The van der Waals surface area contributed by atoms with Crippen LogP contribution < -0.4 is 4.74 Å². The van der Waals surface area contributed by atoms with Gasteiger partial charge in [-0.15, -0.1) is 11.3 Å². The van der Waals surface area contributed by atoms with Crippen LogP contribution in [0.2, 0.25) is 0 Å². The van der Waals surface area contributed by atoms with Crippen molar-refractivity contribution in [3.05, 3.63) is 69.5 Å². The van der Waals surface area contributed by atoms with E-state index in [9.17, 15) is 23.1 Å². The summed E-state index contributed by atoms with van der Waals surface area (Å²) in [6.07, 6.45) is -3.51. The number of aryl methyl sites for hydroxylation is 2. The predicted molar refractivity (Wildman–Crippen MR) is 124 cm³/mol. The van der Waals surface area contributed by atoms with E-state index in [4.69, 9.17) is 9.47 Å². The molecule has 2 aromatic carbocycles. The van der Waals surface area contributed by atoms with Crippen LogP contribution >= 0.6 is 11.3 Å². The number of nitrogens with zero attached hydrogens (tertiary/aromatic N) is 1. The number of hydrogen-bond donors (Lipinski definition) is 1. The molecule has 3 aromatic rings. The van der Waals surface area contributed by atoms with Crippen LogP contribution in [0.4, 0.5) is 13.2 Å². The van der Waals surface area contributed by atoms with E-state index >= 15 is 0 Å². The average Bonchev–Trinajstić information content (AvgIpc) is 3.26. The van der Waals surface area contributed by atoms with Gasteiger partial charge < -0.3 is 14.6 Å². The van der Waals surface area contributed by atoms with Gasteiger partial charge in [0, 0.05) is 30.4 Å². The largest absolute Gasteiger partial charge is 0.494 e. The molecule has 0 aliphatic carbocycles. The van der Waals surface area contributed by atoms with Crippen molar-refractivity contribution < 1.29 is 32.5 Å². The SMILES string of the molecule is CCOC(Cc1ccc(OCCCc2nc(-c3ccc(C(F)(F)F)cc3)cs2)cc1C)C(=O)O. The van der Waals surface area contributed by atoms with Gasteiger partial charge in [-0.05, 0) is 55.7 Å². The Labute approximate surface area is 200 Å². The summed E-state index contributed by atoms with van der Waals surface area (Å²) < 4.78 is 49.3. The maximum Gasteiger partial charge on any atom is 0.416 e. The van der Waals surface area contributed by atoms with Gasteiger partial charge in [0.15, 0.2) is 6.10 Å². The minimum atomic E-state index is -4.35. The smallest absolute Gasteiger partial charge is 0.416 e. The Kier molecular flexibility index (Phi) is 8.68. The lowest BCUT2D eigenvalue weighted by Crippen LogP contribution is -2.26. The number of alkyl halides is 3. The topological polar surface area (TPSA) is 68.7 Å². The molecule has 0 radical (unpaired) electrons. The van der Waals surface area contributed by atoms with E-state index in [0.29, 0.717) is 43.1 Å². The fraction of sp³-hybridized carbons (Fsp3) is 0.360. The lowest BCUT2D eigenvalue weighted by molar-refractivity contribution is -0.150. The molecule has 182 valence electrons. The summed E-state index contributed by atoms with van der Waals surface area (Å²) in [4.78, 5) is 15.8. The van der Waals surface area contributed by atoms with Gasteiger partial charge in [-0.25, -0.2) is 9.78 Å². The van der Waals surface area contributed by atoms with E-state index in [-0.39, 0.29) is 0 Å². The molecule has 1 aromatic heterocycles. The summed E-state index contributed by atoms with van der Waals surface area (Å²) >= 11 is 1.47. The number of thiazole rings is 1. The normalized spacial score (nSPS) is 12.5. The second-order valence-electron chi connectivity index (χ2n) is 7.73. The zero-order valence-electron chi connectivity index (χ0n) is 18.9. The molecule has 34 heavy (non-hydrogen) atoms. The lowest BCUT2D eigenvalue weighted by Gasteiger charge is -2.15. The zero-order chi connectivity index (χ0) is 24.7. The van der Waals surface area contributed by atoms with Gasteiger partial charge in [0.05, 0.1) is 22.9 Å². The molecule has 1 N–H and O–H groups in total. The maximum atomic E-state index is 12.7. The summed E-state index contributed by atoms with van der Waals surface area (Å²) in [7, 11) is 0. The van der Waals surface area contributed by atoms with E-state index in [1.165, 1.54) is 23.5 Å². The van der Waals surface area contributed by atoms with Crippen molar-refractivity contribution in [3.8, 4) is 17.0 Å². The molecule has 0 spiro atoms. The van der Waals surface area contributed by atoms with E-state index in [1.807, 2.05) is 30.5 Å². The number of carbonyl (C=O) groups is 1. The molecule has 0 amide bonds. The van der Waals surface area contributed by atoms with Crippen molar-refractivity contribution in [2.24, 2.45) is 0 Å². The van der Waals surface area contributed by atoms with Crippen LogP contribution in [-0.4, -0.2) is 35.4 Å². The first-order valence-electron chi connectivity index (χ1n) is 10.9. The number of carboxylic acids is 1. The highest BCUT2D eigenvalue weighted by atomic mass is 32.1. The maximum absolute atomic E-state index is 12.7. The van der Waals surface area contributed by atoms with Crippen molar-refractivity contribution in [2.75, 3.05) is 13.2 Å². The highest BCUT2D eigenvalue weighted by Crippen LogP contribution is 2.31. The number of carboxylic acid groups (broad SMARTS) is 1. The Hall–Kier alpha value is -2.91. The Morgan fingerprint density at radius 3 is 2.53 bits per heavy atom. The van der Waals surface area contributed by atoms with Gasteiger partial charge in [0.1, 0.15) is 5.75 Å². The number of benzene rings is 2. The molecule has 0 saturated carbocycles. The molecule has 0 aliphatic heterocycles. The third kappa shape index (κ3) is 7.04. The van der Waals surface area contributed by atoms with Crippen molar-refractivity contribution >= 4 is 17.3 Å². The quantitative estimate of drug-likeness (QED) is 0.323. The Morgan fingerprint density at radius 1 is 1.18 bits per heavy atom. The van der Waals surface area contributed by atoms with E-state index in [0.717, 1.165) is 34.7 Å². The number of ether oxygens (including phenoxy) is 2. The number of aromatic nitrogens is 1. The van der Waals surface area contributed by atoms with Crippen LogP contribution in [0, 0.1) is 6.92 Å². The molecule has 0 bridgehead atoms. The molecular formula is C25H26F3NO4S. The number of rotatable bonds is 11. The van der Waals surface area contributed by atoms with Crippen LogP contribution in [0.15, 0.2) is 47.8 Å². The molecule has 1 atom stereocenters. The third-order valence-corrected chi connectivity index (χ3v) is 6.13. The highest BCUT2D eigenvalue weighted by molar-refractivity contribution is 7.09.